The number of aromatic nitrogens is 1. The molecule has 1 aliphatic rings. The lowest BCUT2D eigenvalue weighted by atomic mass is 10.1. The van der Waals surface area contributed by atoms with Crippen LogP contribution >= 0.6 is 11.6 Å². The summed E-state index contributed by atoms with van der Waals surface area (Å²) < 4.78 is 5.45. The Balaban J connectivity index is 2.21. The third-order valence-corrected chi connectivity index (χ3v) is 3.99. The Morgan fingerprint density at radius 2 is 2.20 bits per heavy atom. The number of nitrogens with zero attached hydrogens (tertiary/aromatic N) is 1. The molecule has 3 nitrogen and oxygen atoms in total. The van der Waals surface area contributed by atoms with E-state index < -0.39 is 0 Å². The van der Waals surface area contributed by atoms with Crippen molar-refractivity contribution in [2.45, 2.75) is 32.1 Å². The Morgan fingerprint density at radius 3 is 2.85 bits per heavy atom. The minimum Gasteiger partial charge on any atom is -0.494 e. The molecule has 1 N–H and O–H groups in total. The summed E-state index contributed by atoms with van der Waals surface area (Å²) in [6.07, 6.45) is 3.54. The van der Waals surface area contributed by atoms with Crippen molar-refractivity contribution in [3.63, 3.8) is 0 Å². The first-order valence-electron chi connectivity index (χ1n) is 7.15. The van der Waals surface area contributed by atoms with Gasteiger partial charge in [-0.2, -0.15) is 0 Å². The molecular weight excluding hydrogens is 272 g/mol. The molecule has 1 aromatic heterocycles. The monoisotopic (exact) mass is 290 g/mol. The number of anilines is 1. The minimum atomic E-state index is 0.602. The van der Waals surface area contributed by atoms with E-state index >= 15 is 0 Å². The van der Waals surface area contributed by atoms with E-state index in [9.17, 15) is 0 Å². The second kappa shape index (κ2) is 5.49. The molecule has 0 unspecified atom stereocenters. The summed E-state index contributed by atoms with van der Waals surface area (Å²) in [7, 11) is 1.67. The van der Waals surface area contributed by atoms with Crippen molar-refractivity contribution in [1.29, 1.82) is 0 Å². The summed E-state index contributed by atoms with van der Waals surface area (Å²) in [6.45, 7) is 3.08. The molecule has 1 saturated carbocycles. The van der Waals surface area contributed by atoms with Gasteiger partial charge in [0.25, 0.3) is 0 Å². The molecule has 0 aliphatic heterocycles. The molecule has 2 aromatic rings. The Bertz CT molecular complexity index is 638. The van der Waals surface area contributed by atoms with Gasteiger partial charge < -0.3 is 10.1 Å². The molecule has 4 heteroatoms. The second-order valence-corrected chi connectivity index (χ2v) is 5.68. The molecule has 1 aliphatic carbocycles. The fourth-order valence-corrected chi connectivity index (χ4v) is 2.70. The number of pyridine rings is 1. The van der Waals surface area contributed by atoms with E-state index in [1.54, 1.807) is 7.11 Å². The van der Waals surface area contributed by atoms with Gasteiger partial charge in [-0.15, -0.1) is 0 Å². The summed E-state index contributed by atoms with van der Waals surface area (Å²) in [5.74, 6) is 1.39. The Hall–Kier alpha value is -1.48. The number of benzene rings is 1. The van der Waals surface area contributed by atoms with Crippen molar-refractivity contribution in [2.75, 3.05) is 19.0 Å². The van der Waals surface area contributed by atoms with E-state index in [-0.39, 0.29) is 0 Å². The Kier molecular flexibility index (Phi) is 3.70. The highest BCUT2D eigenvalue weighted by molar-refractivity contribution is 6.36. The molecular formula is C16H19ClN2O. The van der Waals surface area contributed by atoms with Gasteiger partial charge in [0.05, 0.1) is 12.1 Å². The largest absolute Gasteiger partial charge is 0.494 e. The van der Waals surface area contributed by atoms with Gasteiger partial charge in [-0.3, -0.25) is 0 Å². The topological polar surface area (TPSA) is 34.2 Å². The summed E-state index contributed by atoms with van der Waals surface area (Å²) in [5, 5.41) is 5.15. The molecule has 0 radical (unpaired) electrons. The molecule has 20 heavy (non-hydrogen) atoms. The SMILES string of the molecule is CCCNc1cc(C2CC2)nc2c(OC)ccc(Cl)c12. The third kappa shape index (κ3) is 2.42. The summed E-state index contributed by atoms with van der Waals surface area (Å²) in [5.41, 5.74) is 3.09. The van der Waals surface area contributed by atoms with Crippen LogP contribution in [0.25, 0.3) is 10.9 Å². The van der Waals surface area contributed by atoms with Gasteiger partial charge in [0, 0.05) is 29.2 Å². The molecule has 0 amide bonds. The zero-order chi connectivity index (χ0) is 14.1. The smallest absolute Gasteiger partial charge is 0.145 e. The Morgan fingerprint density at radius 1 is 1.40 bits per heavy atom. The quantitative estimate of drug-likeness (QED) is 0.874. The van der Waals surface area contributed by atoms with Gasteiger partial charge >= 0.3 is 0 Å². The fraction of sp³-hybridized carbons (Fsp3) is 0.438. The molecule has 0 bridgehead atoms. The maximum Gasteiger partial charge on any atom is 0.145 e. The lowest BCUT2D eigenvalue weighted by Gasteiger charge is -2.14. The normalized spacial score (nSPS) is 14.6. The van der Waals surface area contributed by atoms with Crippen molar-refractivity contribution >= 4 is 28.2 Å². The zero-order valence-electron chi connectivity index (χ0n) is 11.9. The summed E-state index contributed by atoms with van der Waals surface area (Å²) >= 11 is 6.38. The van der Waals surface area contributed by atoms with Crippen LogP contribution in [0.2, 0.25) is 5.02 Å². The lowest BCUT2D eigenvalue weighted by molar-refractivity contribution is 0.419. The van der Waals surface area contributed by atoms with Crippen LogP contribution in [-0.2, 0) is 0 Å². The molecule has 3 rings (SSSR count). The van der Waals surface area contributed by atoms with Crippen molar-refractivity contribution < 1.29 is 4.74 Å². The highest BCUT2D eigenvalue weighted by atomic mass is 35.5. The molecule has 106 valence electrons. The first kappa shape index (κ1) is 13.5. The third-order valence-electron chi connectivity index (χ3n) is 3.67. The van der Waals surface area contributed by atoms with Gasteiger partial charge in [-0.1, -0.05) is 18.5 Å². The molecule has 1 heterocycles. The van der Waals surface area contributed by atoms with E-state index in [1.807, 2.05) is 12.1 Å². The summed E-state index contributed by atoms with van der Waals surface area (Å²) in [4.78, 5) is 4.79. The molecule has 0 saturated heterocycles. The van der Waals surface area contributed by atoms with Gasteiger partial charge in [0.2, 0.25) is 0 Å². The van der Waals surface area contributed by atoms with Gasteiger partial charge in [0.1, 0.15) is 11.3 Å². The van der Waals surface area contributed by atoms with E-state index in [0.717, 1.165) is 41.0 Å². The van der Waals surface area contributed by atoms with Crippen molar-refractivity contribution in [3.05, 3.63) is 28.9 Å². The first-order chi connectivity index (χ1) is 9.74. The molecule has 0 spiro atoms. The number of methoxy groups -OCH3 is 1. The number of hydrogen-bond donors (Lipinski definition) is 1. The van der Waals surface area contributed by atoms with Crippen LogP contribution in [0.1, 0.15) is 37.8 Å². The van der Waals surface area contributed by atoms with Crippen molar-refractivity contribution in [1.82, 2.24) is 4.98 Å². The van der Waals surface area contributed by atoms with E-state index in [2.05, 4.69) is 18.3 Å². The standard InChI is InChI=1S/C16H19ClN2O/c1-3-8-18-13-9-12(10-4-5-10)19-16-14(20-2)7-6-11(17)15(13)16/h6-7,9-10H,3-5,8H2,1-2H3,(H,18,19). The highest BCUT2D eigenvalue weighted by Crippen LogP contribution is 2.43. The van der Waals surface area contributed by atoms with E-state index in [1.165, 1.54) is 12.8 Å². The number of rotatable bonds is 5. The average Bonchev–Trinajstić information content (AvgIpc) is 3.29. The lowest BCUT2D eigenvalue weighted by Crippen LogP contribution is -2.03. The van der Waals surface area contributed by atoms with Crippen LogP contribution < -0.4 is 10.1 Å². The number of halogens is 1. The molecule has 0 atom stereocenters. The number of nitrogens with one attached hydrogen (secondary N) is 1. The number of fused-ring (bicyclic) bond motifs is 1. The van der Waals surface area contributed by atoms with Crippen LogP contribution in [0, 0.1) is 0 Å². The van der Waals surface area contributed by atoms with Crippen LogP contribution in [-0.4, -0.2) is 18.6 Å². The van der Waals surface area contributed by atoms with Gasteiger partial charge in [-0.05, 0) is 37.5 Å². The van der Waals surface area contributed by atoms with Gasteiger partial charge in [0.15, 0.2) is 0 Å². The predicted octanol–water partition coefficient (Wildman–Crippen LogP) is 4.60. The van der Waals surface area contributed by atoms with Crippen LogP contribution in [0.15, 0.2) is 18.2 Å². The molecule has 1 aromatic carbocycles. The Labute approximate surface area is 124 Å². The van der Waals surface area contributed by atoms with E-state index in [4.69, 9.17) is 21.3 Å². The average molecular weight is 291 g/mol. The van der Waals surface area contributed by atoms with Crippen molar-refractivity contribution in [2.24, 2.45) is 0 Å². The van der Waals surface area contributed by atoms with Crippen molar-refractivity contribution in [3.8, 4) is 5.75 Å². The van der Waals surface area contributed by atoms with Crippen LogP contribution in [0.3, 0.4) is 0 Å². The zero-order valence-corrected chi connectivity index (χ0v) is 12.6. The molecule has 1 fully saturated rings. The van der Waals surface area contributed by atoms with Crippen LogP contribution in [0.5, 0.6) is 5.75 Å². The second-order valence-electron chi connectivity index (χ2n) is 5.27. The maximum absolute atomic E-state index is 6.38. The van der Waals surface area contributed by atoms with E-state index in [0.29, 0.717) is 10.9 Å². The summed E-state index contributed by atoms with van der Waals surface area (Å²) in [6, 6.07) is 5.91. The maximum atomic E-state index is 6.38. The minimum absolute atomic E-state index is 0.602. The predicted molar refractivity (Wildman–Crippen MR) is 84.1 cm³/mol. The van der Waals surface area contributed by atoms with Crippen LogP contribution in [0.4, 0.5) is 5.69 Å². The number of ether oxygens (including phenoxy) is 1. The fourth-order valence-electron chi connectivity index (χ4n) is 2.45. The highest BCUT2D eigenvalue weighted by Gasteiger charge is 2.27. The number of hydrogen-bond acceptors (Lipinski definition) is 3. The first-order valence-corrected chi connectivity index (χ1v) is 7.53. The van der Waals surface area contributed by atoms with Gasteiger partial charge in [-0.25, -0.2) is 4.98 Å².